The SMILES string of the molecule is Cc1cc(-c2cnc(NCCN3CCCC3=O)nc2-c2ccoc2C)on1. The largest absolute Gasteiger partial charge is 0.469 e. The lowest BCUT2D eigenvalue weighted by Gasteiger charge is -2.16. The molecule has 1 aliphatic heterocycles. The van der Waals surface area contributed by atoms with E-state index in [9.17, 15) is 4.79 Å². The van der Waals surface area contributed by atoms with E-state index >= 15 is 0 Å². The molecule has 1 amide bonds. The third-order valence-electron chi connectivity index (χ3n) is 4.63. The summed E-state index contributed by atoms with van der Waals surface area (Å²) >= 11 is 0. The van der Waals surface area contributed by atoms with Gasteiger partial charge in [0.2, 0.25) is 11.9 Å². The Bertz CT molecular complexity index is 962. The second kappa shape index (κ2) is 7.22. The Morgan fingerprint density at radius 2 is 2.19 bits per heavy atom. The minimum atomic E-state index is 0.212. The van der Waals surface area contributed by atoms with E-state index < -0.39 is 0 Å². The minimum Gasteiger partial charge on any atom is -0.469 e. The van der Waals surface area contributed by atoms with Crippen molar-refractivity contribution in [2.45, 2.75) is 26.7 Å². The van der Waals surface area contributed by atoms with E-state index in [1.807, 2.05) is 30.9 Å². The molecule has 1 N–H and O–H groups in total. The van der Waals surface area contributed by atoms with Crippen LogP contribution in [0.2, 0.25) is 0 Å². The van der Waals surface area contributed by atoms with Crippen LogP contribution in [0.3, 0.4) is 0 Å². The molecule has 1 saturated heterocycles. The minimum absolute atomic E-state index is 0.212. The van der Waals surface area contributed by atoms with Crippen LogP contribution in [0.15, 0.2) is 33.5 Å². The van der Waals surface area contributed by atoms with E-state index in [1.165, 1.54) is 0 Å². The van der Waals surface area contributed by atoms with E-state index in [-0.39, 0.29) is 5.91 Å². The quantitative estimate of drug-likeness (QED) is 0.715. The fourth-order valence-electron chi connectivity index (χ4n) is 3.22. The van der Waals surface area contributed by atoms with Crippen molar-refractivity contribution in [3.05, 3.63) is 36.0 Å². The third-order valence-corrected chi connectivity index (χ3v) is 4.63. The number of carbonyl (C=O) groups excluding carboxylic acids is 1. The molecular weight excluding hydrogens is 346 g/mol. The van der Waals surface area contributed by atoms with Gasteiger partial charge in [-0.3, -0.25) is 4.79 Å². The van der Waals surface area contributed by atoms with Gasteiger partial charge in [0.25, 0.3) is 0 Å². The number of amides is 1. The Morgan fingerprint density at radius 3 is 2.85 bits per heavy atom. The van der Waals surface area contributed by atoms with Gasteiger partial charge < -0.3 is 19.2 Å². The monoisotopic (exact) mass is 367 g/mol. The van der Waals surface area contributed by atoms with E-state index in [0.29, 0.717) is 36.9 Å². The summed E-state index contributed by atoms with van der Waals surface area (Å²) in [5, 5.41) is 7.16. The summed E-state index contributed by atoms with van der Waals surface area (Å²) in [4.78, 5) is 22.6. The van der Waals surface area contributed by atoms with Crippen LogP contribution in [-0.2, 0) is 4.79 Å². The molecule has 1 aliphatic rings. The van der Waals surface area contributed by atoms with Gasteiger partial charge in [0.15, 0.2) is 5.76 Å². The molecule has 1 fully saturated rings. The van der Waals surface area contributed by atoms with Crippen molar-refractivity contribution in [1.29, 1.82) is 0 Å². The van der Waals surface area contributed by atoms with Crippen LogP contribution >= 0.6 is 0 Å². The van der Waals surface area contributed by atoms with Crippen LogP contribution < -0.4 is 5.32 Å². The molecule has 3 aromatic heterocycles. The van der Waals surface area contributed by atoms with Crippen LogP contribution in [0.5, 0.6) is 0 Å². The summed E-state index contributed by atoms with van der Waals surface area (Å²) < 4.78 is 10.8. The van der Waals surface area contributed by atoms with E-state index in [0.717, 1.165) is 35.5 Å². The number of rotatable bonds is 6. The molecule has 0 radical (unpaired) electrons. The van der Waals surface area contributed by atoms with E-state index in [4.69, 9.17) is 8.94 Å². The van der Waals surface area contributed by atoms with Gasteiger partial charge in [-0.05, 0) is 26.3 Å². The molecule has 8 heteroatoms. The van der Waals surface area contributed by atoms with Gasteiger partial charge in [0.1, 0.15) is 5.76 Å². The molecule has 8 nitrogen and oxygen atoms in total. The number of aryl methyl sites for hydroxylation is 2. The lowest BCUT2D eigenvalue weighted by molar-refractivity contribution is -0.127. The summed E-state index contributed by atoms with van der Waals surface area (Å²) in [5.41, 5.74) is 3.13. The van der Waals surface area contributed by atoms with E-state index in [2.05, 4.69) is 20.4 Å². The standard InChI is InChI=1S/C19H21N5O3/c1-12-10-16(27-23-12)15-11-21-19(20-6-8-24-7-3-4-17(24)25)22-18(15)14-5-9-26-13(14)2/h5,9-11H,3-4,6-8H2,1-2H3,(H,20,21,22). The fraction of sp³-hybridized carbons (Fsp3) is 0.368. The Kier molecular flexibility index (Phi) is 4.62. The Morgan fingerprint density at radius 1 is 1.30 bits per heavy atom. The number of hydrogen-bond donors (Lipinski definition) is 1. The van der Waals surface area contributed by atoms with Crippen molar-refractivity contribution in [1.82, 2.24) is 20.0 Å². The number of hydrogen-bond acceptors (Lipinski definition) is 7. The van der Waals surface area contributed by atoms with Crippen LogP contribution in [0.4, 0.5) is 5.95 Å². The van der Waals surface area contributed by atoms with Gasteiger partial charge >= 0.3 is 0 Å². The van der Waals surface area contributed by atoms with E-state index in [1.54, 1.807) is 12.5 Å². The molecule has 0 saturated carbocycles. The maximum atomic E-state index is 11.7. The van der Waals surface area contributed by atoms with Crippen molar-refractivity contribution < 1.29 is 13.7 Å². The first-order chi connectivity index (χ1) is 13.1. The maximum absolute atomic E-state index is 11.7. The number of furan rings is 1. The van der Waals surface area contributed by atoms with Crippen LogP contribution in [0, 0.1) is 13.8 Å². The molecule has 0 spiro atoms. The molecule has 4 heterocycles. The summed E-state index contributed by atoms with van der Waals surface area (Å²) in [6.07, 6.45) is 4.93. The maximum Gasteiger partial charge on any atom is 0.223 e. The molecule has 140 valence electrons. The summed E-state index contributed by atoms with van der Waals surface area (Å²) in [5.74, 6) is 2.08. The molecule has 0 aromatic carbocycles. The Hall–Kier alpha value is -3.16. The highest BCUT2D eigenvalue weighted by atomic mass is 16.5. The number of aromatic nitrogens is 3. The van der Waals surface area contributed by atoms with Crippen LogP contribution in [-0.4, -0.2) is 45.6 Å². The highest BCUT2D eigenvalue weighted by molar-refractivity contribution is 5.79. The van der Waals surface area contributed by atoms with Gasteiger partial charge in [0, 0.05) is 43.9 Å². The fourth-order valence-corrected chi connectivity index (χ4v) is 3.22. The highest BCUT2D eigenvalue weighted by Crippen LogP contribution is 2.33. The van der Waals surface area contributed by atoms with Crippen molar-refractivity contribution in [2.75, 3.05) is 25.0 Å². The van der Waals surface area contributed by atoms with Gasteiger partial charge in [0.05, 0.1) is 23.2 Å². The first-order valence-corrected chi connectivity index (χ1v) is 8.98. The predicted octanol–water partition coefficient (Wildman–Crippen LogP) is 3.04. The number of carbonyl (C=O) groups is 1. The lowest BCUT2D eigenvalue weighted by atomic mass is 10.1. The van der Waals surface area contributed by atoms with Crippen molar-refractivity contribution in [2.24, 2.45) is 0 Å². The topological polar surface area (TPSA) is 97.3 Å². The van der Waals surface area contributed by atoms with Crippen LogP contribution in [0.25, 0.3) is 22.6 Å². The molecular formula is C19H21N5O3. The lowest BCUT2D eigenvalue weighted by Crippen LogP contribution is -2.30. The predicted molar refractivity (Wildman–Crippen MR) is 99.0 cm³/mol. The van der Waals surface area contributed by atoms with Gasteiger partial charge in [-0.2, -0.15) is 0 Å². The molecule has 0 atom stereocenters. The zero-order valence-corrected chi connectivity index (χ0v) is 15.4. The highest BCUT2D eigenvalue weighted by Gasteiger charge is 2.20. The van der Waals surface area contributed by atoms with Gasteiger partial charge in [-0.15, -0.1) is 0 Å². The average Bonchev–Trinajstić information content (AvgIpc) is 3.37. The van der Waals surface area contributed by atoms with Gasteiger partial charge in [-0.25, -0.2) is 9.97 Å². The summed E-state index contributed by atoms with van der Waals surface area (Å²) in [6.45, 7) is 5.82. The summed E-state index contributed by atoms with van der Waals surface area (Å²) in [7, 11) is 0. The first-order valence-electron chi connectivity index (χ1n) is 8.98. The molecule has 0 bridgehead atoms. The smallest absolute Gasteiger partial charge is 0.223 e. The molecule has 3 aromatic rings. The Balaban J connectivity index is 1.59. The molecule has 0 aliphatic carbocycles. The molecule has 0 unspecified atom stereocenters. The average molecular weight is 367 g/mol. The zero-order valence-electron chi connectivity index (χ0n) is 15.4. The first kappa shape index (κ1) is 17.3. The van der Waals surface area contributed by atoms with Gasteiger partial charge in [-0.1, -0.05) is 5.16 Å². The normalized spacial score (nSPS) is 14.1. The summed E-state index contributed by atoms with van der Waals surface area (Å²) in [6, 6.07) is 3.72. The Labute approximate surface area is 156 Å². The second-order valence-corrected chi connectivity index (χ2v) is 6.59. The molecule has 4 rings (SSSR count). The second-order valence-electron chi connectivity index (χ2n) is 6.59. The number of likely N-dealkylation sites (tertiary alicyclic amines) is 1. The van der Waals surface area contributed by atoms with Crippen molar-refractivity contribution in [3.63, 3.8) is 0 Å². The van der Waals surface area contributed by atoms with Crippen LogP contribution in [0.1, 0.15) is 24.3 Å². The number of nitrogens with zero attached hydrogens (tertiary/aromatic N) is 4. The molecule has 27 heavy (non-hydrogen) atoms. The number of anilines is 1. The third kappa shape index (κ3) is 3.55. The zero-order chi connectivity index (χ0) is 18.8. The van der Waals surface area contributed by atoms with Crippen molar-refractivity contribution in [3.8, 4) is 22.6 Å². The number of nitrogens with one attached hydrogen (secondary N) is 1. The van der Waals surface area contributed by atoms with Crippen molar-refractivity contribution >= 4 is 11.9 Å².